The van der Waals surface area contributed by atoms with Gasteiger partial charge < -0.3 is 14.2 Å². The molecule has 2 atom stereocenters. The van der Waals surface area contributed by atoms with Gasteiger partial charge in [-0.3, -0.25) is 0 Å². The molecule has 0 aliphatic carbocycles. The third-order valence-electron chi connectivity index (χ3n) is 4.87. The van der Waals surface area contributed by atoms with Crippen molar-refractivity contribution in [2.24, 2.45) is 0 Å². The number of piperidine rings is 1. The van der Waals surface area contributed by atoms with Gasteiger partial charge in [-0.15, -0.1) is 0 Å². The normalized spacial score (nSPS) is 22.8. The van der Waals surface area contributed by atoms with Gasteiger partial charge in [0.2, 0.25) is 0 Å². The molecule has 0 radical (unpaired) electrons. The summed E-state index contributed by atoms with van der Waals surface area (Å²) in [4.78, 5) is 17.5. The highest BCUT2D eigenvalue weighted by Crippen LogP contribution is 2.38. The van der Waals surface area contributed by atoms with Gasteiger partial charge in [-0.2, -0.15) is 4.98 Å². The zero-order chi connectivity index (χ0) is 16.3. The monoisotopic (exact) mass is 325 g/mol. The van der Waals surface area contributed by atoms with Crippen LogP contribution < -0.4 is 9.80 Å². The molecule has 0 amide bonds. The Kier molecular flexibility index (Phi) is 2.80. The van der Waals surface area contributed by atoms with Crippen LogP contribution in [0.5, 0.6) is 0 Å². The molecule has 1 aromatic carbocycles. The maximum atomic E-state index is 13.3. The maximum Gasteiger partial charge on any atom is 0.299 e. The Hall–Kier alpha value is -2.70. The van der Waals surface area contributed by atoms with Crippen LogP contribution in [0.3, 0.4) is 0 Å². The first-order valence-electron chi connectivity index (χ1n) is 8.05. The number of piperazine rings is 1. The first-order chi connectivity index (χ1) is 11.7. The van der Waals surface area contributed by atoms with Crippen LogP contribution in [0.15, 0.2) is 35.0 Å². The molecule has 3 fully saturated rings. The van der Waals surface area contributed by atoms with Crippen molar-refractivity contribution in [3.8, 4) is 0 Å². The number of anilines is 2. The summed E-state index contributed by atoms with van der Waals surface area (Å²) in [7, 11) is 0. The minimum absolute atomic E-state index is 0.306. The van der Waals surface area contributed by atoms with Crippen molar-refractivity contribution >= 4 is 22.9 Å². The highest BCUT2D eigenvalue weighted by Gasteiger charge is 2.47. The number of fused-ring (bicyclic) bond motifs is 3. The minimum Gasteiger partial charge on any atom is -0.423 e. The van der Waals surface area contributed by atoms with Crippen LogP contribution in [0.4, 0.5) is 16.2 Å². The minimum atomic E-state index is -0.306. The molecule has 0 spiro atoms. The van der Waals surface area contributed by atoms with Gasteiger partial charge >= 0.3 is 0 Å². The van der Waals surface area contributed by atoms with Crippen molar-refractivity contribution in [3.63, 3.8) is 0 Å². The summed E-state index contributed by atoms with van der Waals surface area (Å²) in [5.74, 6) is 0.663. The Labute approximate surface area is 137 Å². The summed E-state index contributed by atoms with van der Waals surface area (Å²) in [6, 6.07) is 7.74. The topological polar surface area (TPSA) is 58.3 Å². The lowest BCUT2D eigenvalue weighted by molar-refractivity contribution is 0.270. The summed E-state index contributed by atoms with van der Waals surface area (Å²) in [5.41, 5.74) is 2.16. The van der Waals surface area contributed by atoms with Gasteiger partial charge in [-0.05, 0) is 25.5 Å². The number of benzene rings is 1. The molecular formula is C17H16FN5O. The zero-order valence-electron chi connectivity index (χ0n) is 13.2. The van der Waals surface area contributed by atoms with Gasteiger partial charge in [0.15, 0.2) is 5.58 Å². The second kappa shape index (κ2) is 4.90. The largest absolute Gasteiger partial charge is 0.423 e. The molecule has 122 valence electrons. The summed E-state index contributed by atoms with van der Waals surface area (Å²) in [5, 5.41) is 0. The van der Waals surface area contributed by atoms with Gasteiger partial charge in [0.05, 0.1) is 12.1 Å². The van der Waals surface area contributed by atoms with Gasteiger partial charge in [-0.25, -0.2) is 14.4 Å². The molecule has 3 aromatic rings. The molecule has 2 unspecified atom stereocenters. The summed E-state index contributed by atoms with van der Waals surface area (Å²) in [6.07, 6.45) is 2.73. The predicted octanol–water partition coefficient (Wildman–Crippen LogP) is 2.53. The van der Waals surface area contributed by atoms with Crippen LogP contribution >= 0.6 is 0 Å². The summed E-state index contributed by atoms with van der Waals surface area (Å²) < 4.78 is 19.1. The van der Waals surface area contributed by atoms with E-state index in [1.165, 1.54) is 12.1 Å². The fourth-order valence-electron chi connectivity index (χ4n) is 3.72. The van der Waals surface area contributed by atoms with E-state index in [0.29, 0.717) is 29.2 Å². The first-order valence-corrected chi connectivity index (χ1v) is 8.05. The van der Waals surface area contributed by atoms with Crippen LogP contribution in [-0.4, -0.2) is 40.1 Å². The molecule has 0 saturated carbocycles. The molecule has 3 aliphatic heterocycles. The number of rotatable bonds is 2. The number of hydrogen-bond donors (Lipinski definition) is 0. The van der Waals surface area contributed by atoms with Crippen molar-refractivity contribution in [2.75, 3.05) is 22.9 Å². The van der Waals surface area contributed by atoms with E-state index in [1.54, 1.807) is 12.4 Å². The summed E-state index contributed by atoms with van der Waals surface area (Å²) in [6.45, 7) is 3.72. The molecule has 6 rings (SSSR count). The zero-order valence-corrected chi connectivity index (χ0v) is 13.2. The Morgan fingerprint density at radius 2 is 2.00 bits per heavy atom. The standard InChI is InChI=1S/C17H16FN5O/c1-10-4-16(20-9-19-10)22-7-12-6-13(8-22)23(12)17-21-14-3-2-11(18)5-15(14)24-17/h2-5,9,12-13H,6-8H2,1H3. The lowest BCUT2D eigenvalue weighted by Gasteiger charge is -2.55. The van der Waals surface area contributed by atoms with Crippen LogP contribution in [-0.2, 0) is 0 Å². The van der Waals surface area contributed by atoms with E-state index in [1.807, 2.05) is 13.0 Å². The number of aryl methyl sites for hydroxylation is 1. The van der Waals surface area contributed by atoms with Crippen molar-refractivity contribution in [3.05, 3.63) is 42.1 Å². The van der Waals surface area contributed by atoms with E-state index in [0.717, 1.165) is 31.0 Å². The molecule has 7 heteroatoms. The second-order valence-corrected chi connectivity index (χ2v) is 6.48. The SMILES string of the molecule is Cc1cc(N2CC3CC(C2)N3c2nc3ccc(F)cc3o2)ncn1. The van der Waals surface area contributed by atoms with E-state index in [-0.39, 0.29) is 5.82 Å². The average Bonchev–Trinajstić information content (AvgIpc) is 2.96. The highest BCUT2D eigenvalue weighted by molar-refractivity contribution is 5.75. The number of nitrogens with zero attached hydrogens (tertiary/aromatic N) is 5. The maximum absolute atomic E-state index is 13.3. The molecule has 3 saturated heterocycles. The van der Waals surface area contributed by atoms with Gasteiger partial charge in [0, 0.05) is 30.9 Å². The molecule has 3 aliphatic rings. The van der Waals surface area contributed by atoms with Crippen molar-refractivity contribution in [1.82, 2.24) is 15.0 Å². The smallest absolute Gasteiger partial charge is 0.299 e. The fourth-order valence-corrected chi connectivity index (χ4v) is 3.72. The van der Waals surface area contributed by atoms with Gasteiger partial charge in [0.25, 0.3) is 6.01 Å². The van der Waals surface area contributed by atoms with Crippen molar-refractivity contribution in [1.29, 1.82) is 0 Å². The van der Waals surface area contributed by atoms with Crippen LogP contribution in [0.2, 0.25) is 0 Å². The van der Waals surface area contributed by atoms with E-state index >= 15 is 0 Å². The lowest BCUT2D eigenvalue weighted by atomic mass is 9.88. The molecule has 24 heavy (non-hydrogen) atoms. The second-order valence-electron chi connectivity index (χ2n) is 6.48. The van der Waals surface area contributed by atoms with E-state index in [4.69, 9.17) is 4.42 Å². The molecule has 2 aromatic heterocycles. The molecule has 0 N–H and O–H groups in total. The number of oxazole rings is 1. The molecule has 5 heterocycles. The third kappa shape index (κ3) is 2.04. The highest BCUT2D eigenvalue weighted by atomic mass is 19.1. The Bertz CT molecular complexity index is 914. The third-order valence-corrected chi connectivity index (χ3v) is 4.87. The Morgan fingerprint density at radius 3 is 2.79 bits per heavy atom. The molecule has 2 bridgehead atoms. The predicted molar refractivity (Wildman–Crippen MR) is 87.6 cm³/mol. The van der Waals surface area contributed by atoms with E-state index in [9.17, 15) is 4.39 Å². The average molecular weight is 325 g/mol. The molecular weight excluding hydrogens is 309 g/mol. The number of aromatic nitrogens is 3. The van der Waals surface area contributed by atoms with Crippen LogP contribution in [0.25, 0.3) is 11.1 Å². The number of hydrogen-bond acceptors (Lipinski definition) is 6. The quantitative estimate of drug-likeness (QED) is 0.722. The fraction of sp³-hybridized carbons (Fsp3) is 0.353. The van der Waals surface area contributed by atoms with Gasteiger partial charge in [0.1, 0.15) is 23.5 Å². The van der Waals surface area contributed by atoms with Crippen molar-refractivity contribution in [2.45, 2.75) is 25.4 Å². The first kappa shape index (κ1) is 13.7. The number of halogens is 1. The van der Waals surface area contributed by atoms with Crippen LogP contribution in [0.1, 0.15) is 12.1 Å². The van der Waals surface area contributed by atoms with Gasteiger partial charge in [-0.1, -0.05) is 0 Å². The van der Waals surface area contributed by atoms with Crippen LogP contribution in [0, 0.1) is 12.7 Å². The summed E-state index contributed by atoms with van der Waals surface area (Å²) >= 11 is 0. The van der Waals surface area contributed by atoms with E-state index in [2.05, 4.69) is 24.8 Å². The lowest BCUT2D eigenvalue weighted by Crippen LogP contribution is -2.69. The molecule has 6 nitrogen and oxygen atoms in total. The Balaban J connectivity index is 1.40. The van der Waals surface area contributed by atoms with E-state index < -0.39 is 0 Å². The van der Waals surface area contributed by atoms with Crippen molar-refractivity contribution < 1.29 is 8.81 Å². The Morgan fingerprint density at radius 1 is 1.17 bits per heavy atom.